The molecule has 0 aromatic heterocycles. The van der Waals surface area contributed by atoms with Gasteiger partial charge < -0.3 is 10.5 Å². The number of hydrogen-bond acceptors (Lipinski definition) is 3. The molecule has 4 heteroatoms. The fourth-order valence-electron chi connectivity index (χ4n) is 1.20. The summed E-state index contributed by atoms with van der Waals surface area (Å²) < 4.78 is 4.82. The number of ether oxygens (including phenoxy) is 1. The van der Waals surface area contributed by atoms with Crippen molar-refractivity contribution in [1.82, 2.24) is 0 Å². The predicted molar refractivity (Wildman–Crippen MR) is 54.9 cm³/mol. The van der Waals surface area contributed by atoms with Gasteiger partial charge in [-0.1, -0.05) is 29.8 Å². The molecular formula is C11H13NO3. The lowest BCUT2D eigenvalue weighted by Gasteiger charge is -2.13. The summed E-state index contributed by atoms with van der Waals surface area (Å²) in [5.74, 6) is -1.20. The van der Waals surface area contributed by atoms with E-state index >= 15 is 0 Å². The first-order valence-electron chi connectivity index (χ1n) is 4.54. The van der Waals surface area contributed by atoms with Gasteiger partial charge in [0.1, 0.15) is 0 Å². The Balaban J connectivity index is 2.94. The molecule has 1 rings (SSSR count). The molecule has 4 nitrogen and oxygen atoms in total. The van der Waals surface area contributed by atoms with E-state index in [1.807, 2.05) is 19.1 Å². The van der Waals surface area contributed by atoms with Gasteiger partial charge in [0, 0.05) is 12.5 Å². The van der Waals surface area contributed by atoms with Gasteiger partial charge in [-0.3, -0.25) is 9.59 Å². The van der Waals surface area contributed by atoms with E-state index in [4.69, 9.17) is 10.5 Å². The molecule has 1 atom stereocenters. The lowest BCUT2D eigenvalue weighted by atomic mass is 10.1. The molecule has 0 fully saturated rings. The average Bonchev–Trinajstić information content (AvgIpc) is 2.15. The van der Waals surface area contributed by atoms with E-state index in [1.54, 1.807) is 12.1 Å². The summed E-state index contributed by atoms with van der Waals surface area (Å²) in [4.78, 5) is 21.8. The van der Waals surface area contributed by atoms with Crippen molar-refractivity contribution in [3.05, 3.63) is 35.4 Å². The molecule has 0 aliphatic rings. The Bertz CT molecular complexity index is 370. The third-order valence-corrected chi connectivity index (χ3v) is 1.92. The number of carbonyl (C=O) groups excluding carboxylic acids is 2. The van der Waals surface area contributed by atoms with Crippen molar-refractivity contribution in [2.24, 2.45) is 5.73 Å². The summed E-state index contributed by atoms with van der Waals surface area (Å²) in [6, 6.07) is 7.09. The zero-order chi connectivity index (χ0) is 11.4. The smallest absolute Gasteiger partial charge is 0.303 e. The monoisotopic (exact) mass is 207 g/mol. The molecule has 15 heavy (non-hydrogen) atoms. The Labute approximate surface area is 88.0 Å². The van der Waals surface area contributed by atoms with Crippen molar-refractivity contribution in [2.75, 3.05) is 0 Å². The number of nitrogens with two attached hydrogens (primary N) is 1. The fraction of sp³-hybridized carbons (Fsp3) is 0.273. The molecule has 1 aromatic carbocycles. The van der Waals surface area contributed by atoms with Gasteiger partial charge >= 0.3 is 5.97 Å². The Hall–Kier alpha value is -1.84. The van der Waals surface area contributed by atoms with Gasteiger partial charge in [0.05, 0.1) is 0 Å². The topological polar surface area (TPSA) is 69.4 Å². The van der Waals surface area contributed by atoms with E-state index in [-0.39, 0.29) is 0 Å². The number of carbonyl (C=O) groups is 2. The molecule has 0 aliphatic heterocycles. The number of aryl methyl sites for hydroxylation is 1. The van der Waals surface area contributed by atoms with Crippen LogP contribution in [-0.2, 0) is 14.3 Å². The molecule has 1 amide bonds. The highest BCUT2D eigenvalue weighted by atomic mass is 16.5. The molecule has 2 N–H and O–H groups in total. The maximum absolute atomic E-state index is 11.1. The zero-order valence-corrected chi connectivity index (χ0v) is 8.69. The van der Waals surface area contributed by atoms with Crippen molar-refractivity contribution in [3.63, 3.8) is 0 Å². The molecule has 0 saturated heterocycles. The Morgan fingerprint density at radius 1 is 1.27 bits per heavy atom. The number of benzene rings is 1. The van der Waals surface area contributed by atoms with E-state index in [0.29, 0.717) is 5.56 Å². The molecule has 1 aromatic rings. The van der Waals surface area contributed by atoms with E-state index in [0.717, 1.165) is 5.56 Å². The summed E-state index contributed by atoms with van der Waals surface area (Å²) in [5, 5.41) is 0. The second-order valence-corrected chi connectivity index (χ2v) is 3.30. The van der Waals surface area contributed by atoms with Crippen molar-refractivity contribution >= 4 is 11.9 Å². The van der Waals surface area contributed by atoms with Crippen LogP contribution in [0, 0.1) is 6.92 Å². The molecular weight excluding hydrogens is 194 g/mol. The van der Waals surface area contributed by atoms with E-state index in [2.05, 4.69) is 0 Å². The average molecular weight is 207 g/mol. The molecule has 0 saturated carbocycles. The highest BCUT2D eigenvalue weighted by Gasteiger charge is 2.20. The number of rotatable bonds is 3. The second kappa shape index (κ2) is 4.59. The number of esters is 1. The minimum atomic E-state index is -0.997. The highest BCUT2D eigenvalue weighted by Crippen LogP contribution is 2.17. The first-order chi connectivity index (χ1) is 7.00. The lowest BCUT2D eigenvalue weighted by Crippen LogP contribution is -2.25. The van der Waals surface area contributed by atoms with Crippen molar-refractivity contribution in [2.45, 2.75) is 20.0 Å². The first-order valence-corrected chi connectivity index (χ1v) is 4.54. The summed E-state index contributed by atoms with van der Waals surface area (Å²) >= 11 is 0. The third kappa shape index (κ3) is 3.09. The summed E-state index contributed by atoms with van der Waals surface area (Å²) in [6.07, 6.45) is -0.997. The minimum Gasteiger partial charge on any atom is -0.447 e. The van der Waals surface area contributed by atoms with Crippen LogP contribution in [0.5, 0.6) is 0 Å². The highest BCUT2D eigenvalue weighted by molar-refractivity contribution is 5.83. The Morgan fingerprint density at radius 3 is 2.20 bits per heavy atom. The van der Waals surface area contributed by atoms with Gasteiger partial charge in [-0.15, -0.1) is 0 Å². The van der Waals surface area contributed by atoms with Crippen molar-refractivity contribution in [3.8, 4) is 0 Å². The van der Waals surface area contributed by atoms with Gasteiger partial charge in [0.25, 0.3) is 5.91 Å². The SMILES string of the molecule is CC(=O)OC(C(N)=O)c1ccc(C)cc1. The maximum atomic E-state index is 11.1. The Kier molecular flexibility index (Phi) is 3.44. The van der Waals surface area contributed by atoms with Crippen molar-refractivity contribution < 1.29 is 14.3 Å². The van der Waals surface area contributed by atoms with Crippen LogP contribution in [0.4, 0.5) is 0 Å². The zero-order valence-electron chi connectivity index (χ0n) is 8.69. The van der Waals surface area contributed by atoms with Gasteiger partial charge in [-0.05, 0) is 6.92 Å². The first kappa shape index (κ1) is 11.2. The second-order valence-electron chi connectivity index (χ2n) is 3.30. The van der Waals surface area contributed by atoms with Crippen LogP contribution in [-0.4, -0.2) is 11.9 Å². The van der Waals surface area contributed by atoms with Crippen LogP contribution in [0.15, 0.2) is 24.3 Å². The summed E-state index contributed by atoms with van der Waals surface area (Å²) in [7, 11) is 0. The fourth-order valence-corrected chi connectivity index (χ4v) is 1.20. The maximum Gasteiger partial charge on any atom is 0.303 e. The van der Waals surface area contributed by atoms with Crippen LogP contribution >= 0.6 is 0 Å². The van der Waals surface area contributed by atoms with Crippen LogP contribution in [0.1, 0.15) is 24.2 Å². The number of hydrogen-bond donors (Lipinski definition) is 1. The minimum absolute atomic E-state index is 0.528. The van der Waals surface area contributed by atoms with E-state index in [1.165, 1.54) is 6.92 Å². The van der Waals surface area contributed by atoms with Gasteiger partial charge in [-0.25, -0.2) is 0 Å². The molecule has 0 heterocycles. The summed E-state index contributed by atoms with van der Waals surface area (Å²) in [6.45, 7) is 3.17. The standard InChI is InChI=1S/C11H13NO3/c1-7-3-5-9(6-4-7)10(11(12)14)15-8(2)13/h3-6,10H,1-2H3,(H2,12,14). The van der Waals surface area contributed by atoms with Crippen molar-refractivity contribution in [1.29, 1.82) is 0 Å². The lowest BCUT2D eigenvalue weighted by molar-refractivity contribution is -0.153. The number of primary amides is 1. The van der Waals surface area contributed by atoms with Crippen LogP contribution in [0.25, 0.3) is 0 Å². The van der Waals surface area contributed by atoms with E-state index < -0.39 is 18.0 Å². The molecule has 0 radical (unpaired) electrons. The molecule has 1 unspecified atom stereocenters. The van der Waals surface area contributed by atoms with Gasteiger partial charge in [0.15, 0.2) is 0 Å². The molecule has 0 bridgehead atoms. The predicted octanol–water partition coefficient (Wildman–Crippen LogP) is 1.08. The normalized spacial score (nSPS) is 11.9. The quantitative estimate of drug-likeness (QED) is 0.754. The van der Waals surface area contributed by atoms with Gasteiger partial charge in [-0.2, -0.15) is 0 Å². The molecule has 80 valence electrons. The molecule has 0 spiro atoms. The van der Waals surface area contributed by atoms with Crippen LogP contribution < -0.4 is 5.73 Å². The third-order valence-electron chi connectivity index (χ3n) is 1.92. The Morgan fingerprint density at radius 2 is 1.80 bits per heavy atom. The van der Waals surface area contributed by atoms with E-state index in [9.17, 15) is 9.59 Å². The molecule has 0 aliphatic carbocycles. The number of amides is 1. The largest absolute Gasteiger partial charge is 0.447 e. The van der Waals surface area contributed by atoms with Gasteiger partial charge in [0.2, 0.25) is 6.10 Å². The van der Waals surface area contributed by atoms with Crippen LogP contribution in [0.3, 0.4) is 0 Å². The van der Waals surface area contributed by atoms with Crippen LogP contribution in [0.2, 0.25) is 0 Å². The summed E-state index contributed by atoms with van der Waals surface area (Å²) in [5.41, 5.74) is 6.79.